The summed E-state index contributed by atoms with van der Waals surface area (Å²) in [6, 6.07) is 2.71. The van der Waals surface area contributed by atoms with Crippen molar-refractivity contribution in [2.45, 2.75) is 4.90 Å². The van der Waals surface area contributed by atoms with E-state index in [1.54, 1.807) is 4.72 Å². The van der Waals surface area contributed by atoms with Gasteiger partial charge in [0, 0.05) is 0 Å². The van der Waals surface area contributed by atoms with Crippen LogP contribution in [0.25, 0.3) is 0 Å². The Labute approximate surface area is 95.9 Å². The number of carbonyl (C=O) groups is 1. The van der Waals surface area contributed by atoms with Crippen molar-refractivity contribution in [2.75, 3.05) is 6.54 Å². The summed E-state index contributed by atoms with van der Waals surface area (Å²) in [6.45, 7) is -0.768. The standard InChI is InChI=1S/C8H7ClFNO4S/c9-6-3-5(10)1-2-7(6)16(14,15)11-4-8(12)13/h1-3,11H,4H2,(H,12,13). The van der Waals surface area contributed by atoms with Crippen LogP contribution in [0.4, 0.5) is 4.39 Å². The van der Waals surface area contributed by atoms with E-state index < -0.39 is 28.4 Å². The Kier molecular flexibility index (Phi) is 3.84. The van der Waals surface area contributed by atoms with Crippen molar-refractivity contribution in [3.63, 3.8) is 0 Å². The number of halogens is 2. The molecule has 0 heterocycles. The molecule has 0 aliphatic carbocycles. The highest BCUT2D eigenvalue weighted by atomic mass is 35.5. The second-order valence-corrected chi connectivity index (χ2v) is 4.94. The number of nitrogens with one attached hydrogen (secondary N) is 1. The van der Waals surface area contributed by atoms with Crippen molar-refractivity contribution in [3.05, 3.63) is 29.0 Å². The second-order valence-electron chi connectivity index (χ2n) is 2.79. The molecule has 1 aromatic rings. The van der Waals surface area contributed by atoms with Crippen molar-refractivity contribution in [1.82, 2.24) is 4.72 Å². The largest absolute Gasteiger partial charge is 0.480 e. The Hall–Kier alpha value is -1.18. The van der Waals surface area contributed by atoms with Crippen LogP contribution in [0.2, 0.25) is 5.02 Å². The lowest BCUT2D eigenvalue weighted by atomic mass is 10.3. The van der Waals surface area contributed by atoms with Crippen LogP contribution in [0.1, 0.15) is 0 Å². The van der Waals surface area contributed by atoms with Gasteiger partial charge in [-0.25, -0.2) is 12.8 Å². The minimum absolute atomic E-state index is 0.308. The highest BCUT2D eigenvalue weighted by Gasteiger charge is 2.18. The van der Waals surface area contributed by atoms with Gasteiger partial charge in [-0.3, -0.25) is 4.79 Å². The number of hydrogen-bond donors (Lipinski definition) is 2. The number of benzene rings is 1. The Morgan fingerprint density at radius 3 is 2.62 bits per heavy atom. The van der Waals surface area contributed by atoms with Gasteiger partial charge in [-0.2, -0.15) is 4.72 Å². The molecule has 0 aliphatic heterocycles. The number of rotatable bonds is 4. The Morgan fingerprint density at radius 1 is 1.50 bits per heavy atom. The van der Waals surface area contributed by atoms with E-state index in [2.05, 4.69) is 0 Å². The number of carboxylic acids is 1. The first-order valence-corrected chi connectivity index (χ1v) is 5.85. The van der Waals surface area contributed by atoms with Crippen LogP contribution in [0.5, 0.6) is 0 Å². The van der Waals surface area contributed by atoms with E-state index in [-0.39, 0.29) is 9.92 Å². The maximum absolute atomic E-state index is 12.7. The van der Waals surface area contributed by atoms with E-state index in [1.165, 1.54) is 0 Å². The number of sulfonamides is 1. The molecule has 0 aliphatic rings. The number of hydrogen-bond acceptors (Lipinski definition) is 3. The van der Waals surface area contributed by atoms with Crippen LogP contribution in [0.3, 0.4) is 0 Å². The predicted molar refractivity (Wildman–Crippen MR) is 54.2 cm³/mol. The van der Waals surface area contributed by atoms with E-state index in [0.717, 1.165) is 18.2 Å². The first-order valence-electron chi connectivity index (χ1n) is 3.99. The monoisotopic (exact) mass is 267 g/mol. The number of carboxylic acid groups (broad SMARTS) is 1. The molecule has 1 rings (SSSR count). The van der Waals surface area contributed by atoms with Crippen LogP contribution in [-0.4, -0.2) is 26.0 Å². The van der Waals surface area contributed by atoms with Gasteiger partial charge >= 0.3 is 5.97 Å². The van der Waals surface area contributed by atoms with Gasteiger partial charge in [0.15, 0.2) is 0 Å². The molecule has 0 amide bonds. The average molecular weight is 268 g/mol. The molecule has 0 fully saturated rings. The molecule has 8 heteroatoms. The summed E-state index contributed by atoms with van der Waals surface area (Å²) in [6.07, 6.45) is 0. The van der Waals surface area contributed by atoms with E-state index in [4.69, 9.17) is 16.7 Å². The number of aliphatic carboxylic acids is 1. The lowest BCUT2D eigenvalue weighted by Crippen LogP contribution is -2.29. The van der Waals surface area contributed by atoms with Crippen LogP contribution in [-0.2, 0) is 14.8 Å². The van der Waals surface area contributed by atoms with Gasteiger partial charge in [0.1, 0.15) is 17.3 Å². The molecule has 0 unspecified atom stereocenters. The topological polar surface area (TPSA) is 83.5 Å². The zero-order chi connectivity index (χ0) is 12.3. The van der Waals surface area contributed by atoms with Crippen LogP contribution >= 0.6 is 11.6 Å². The molecule has 0 spiro atoms. The van der Waals surface area contributed by atoms with Gasteiger partial charge in [-0.15, -0.1) is 0 Å². The molecule has 0 atom stereocenters. The molecule has 1 aromatic carbocycles. The van der Waals surface area contributed by atoms with E-state index in [0.29, 0.717) is 0 Å². The maximum Gasteiger partial charge on any atom is 0.318 e. The summed E-state index contributed by atoms with van der Waals surface area (Å²) in [7, 11) is -4.03. The van der Waals surface area contributed by atoms with Gasteiger partial charge in [0.25, 0.3) is 0 Å². The summed E-state index contributed by atoms with van der Waals surface area (Å²) in [5.74, 6) is -2.01. The summed E-state index contributed by atoms with van der Waals surface area (Å²) >= 11 is 5.52. The molecule has 0 radical (unpaired) electrons. The van der Waals surface area contributed by atoms with Crippen molar-refractivity contribution in [1.29, 1.82) is 0 Å². The van der Waals surface area contributed by atoms with Crippen molar-refractivity contribution < 1.29 is 22.7 Å². The van der Waals surface area contributed by atoms with Crippen molar-refractivity contribution >= 4 is 27.6 Å². The summed E-state index contributed by atoms with van der Waals surface area (Å²) in [5.41, 5.74) is 0. The lowest BCUT2D eigenvalue weighted by molar-refractivity contribution is -0.135. The quantitative estimate of drug-likeness (QED) is 0.847. The average Bonchev–Trinajstić information content (AvgIpc) is 2.14. The molecule has 16 heavy (non-hydrogen) atoms. The fourth-order valence-corrected chi connectivity index (χ4v) is 2.43. The highest BCUT2D eigenvalue weighted by molar-refractivity contribution is 7.89. The third-order valence-corrected chi connectivity index (χ3v) is 3.48. The lowest BCUT2D eigenvalue weighted by Gasteiger charge is -2.06. The van der Waals surface area contributed by atoms with Crippen molar-refractivity contribution in [2.24, 2.45) is 0 Å². The van der Waals surface area contributed by atoms with E-state index >= 15 is 0 Å². The third-order valence-electron chi connectivity index (χ3n) is 1.60. The normalized spacial score (nSPS) is 11.4. The second kappa shape index (κ2) is 4.77. The molecule has 88 valence electrons. The summed E-state index contributed by atoms with van der Waals surface area (Å²) in [4.78, 5) is 9.83. The molecule has 2 N–H and O–H groups in total. The van der Waals surface area contributed by atoms with Crippen LogP contribution in [0, 0.1) is 5.82 Å². The fraction of sp³-hybridized carbons (Fsp3) is 0.125. The summed E-state index contributed by atoms with van der Waals surface area (Å²) < 4.78 is 37.4. The predicted octanol–water partition coefficient (Wildman–Crippen LogP) is 0.842. The van der Waals surface area contributed by atoms with Gasteiger partial charge < -0.3 is 5.11 Å². The smallest absolute Gasteiger partial charge is 0.318 e. The summed E-state index contributed by atoms with van der Waals surface area (Å²) in [5, 5.41) is 8.01. The Balaban J connectivity index is 3.03. The molecular formula is C8H7ClFNO4S. The molecule has 0 bridgehead atoms. The molecule has 0 aromatic heterocycles. The van der Waals surface area contributed by atoms with Crippen molar-refractivity contribution in [3.8, 4) is 0 Å². The zero-order valence-corrected chi connectivity index (χ0v) is 9.35. The Morgan fingerprint density at radius 2 is 2.12 bits per heavy atom. The first-order chi connectivity index (χ1) is 7.33. The SMILES string of the molecule is O=C(O)CNS(=O)(=O)c1ccc(F)cc1Cl. The van der Waals surface area contributed by atoms with Crippen LogP contribution < -0.4 is 4.72 Å². The molecule has 0 saturated carbocycles. The van der Waals surface area contributed by atoms with Gasteiger partial charge in [0.05, 0.1) is 5.02 Å². The Bertz CT molecular complexity index is 517. The minimum Gasteiger partial charge on any atom is -0.480 e. The van der Waals surface area contributed by atoms with E-state index in [9.17, 15) is 17.6 Å². The van der Waals surface area contributed by atoms with Gasteiger partial charge in [0.2, 0.25) is 10.0 Å². The van der Waals surface area contributed by atoms with Gasteiger partial charge in [-0.05, 0) is 18.2 Å². The fourth-order valence-electron chi connectivity index (χ4n) is 0.928. The molecule has 0 saturated heterocycles. The van der Waals surface area contributed by atoms with Gasteiger partial charge in [-0.1, -0.05) is 11.6 Å². The molecular weight excluding hydrogens is 261 g/mol. The maximum atomic E-state index is 12.7. The minimum atomic E-state index is -4.03. The van der Waals surface area contributed by atoms with E-state index in [1.807, 2.05) is 0 Å². The first kappa shape index (κ1) is 12.9. The highest BCUT2D eigenvalue weighted by Crippen LogP contribution is 2.21. The third kappa shape index (κ3) is 3.16. The zero-order valence-electron chi connectivity index (χ0n) is 7.78. The molecule has 5 nitrogen and oxygen atoms in total. The van der Waals surface area contributed by atoms with Crippen LogP contribution in [0.15, 0.2) is 23.1 Å².